The first kappa shape index (κ1) is 95.0. The molecule has 9 aliphatic rings. The number of hydrogen-bond acceptors (Lipinski definition) is 41. The summed E-state index contributed by atoms with van der Waals surface area (Å²) < 4.78 is 128. The third-order valence-corrected chi connectivity index (χ3v) is 23.3. The first-order valence-electron chi connectivity index (χ1n) is 42.4. The molecule has 9 heterocycles. The Morgan fingerprint density at radius 1 is 0.368 bits per heavy atom. The molecular formula is C95H90O41. The molecule has 3 saturated heterocycles. The quantitative estimate of drug-likeness (QED) is 0.0152. The highest BCUT2D eigenvalue weighted by Crippen LogP contribution is 2.53. The zero-order valence-electron chi connectivity index (χ0n) is 73.1. The topological polar surface area (TPSA) is 548 Å². The number of esters is 7. The molecule has 9 N–H and O–H groups in total. The van der Waals surface area contributed by atoms with Crippen LogP contribution in [-0.2, 0) is 145 Å². The average molecular weight is 1890 g/mol. The van der Waals surface area contributed by atoms with E-state index in [0.717, 1.165) is 27.7 Å². The summed E-state index contributed by atoms with van der Waals surface area (Å²) in [6.45, 7) is 9.05. The average Bonchev–Trinajstić information content (AvgIpc) is 1.53. The van der Waals surface area contributed by atoms with Crippen LogP contribution in [0, 0.1) is 0 Å². The van der Waals surface area contributed by atoms with E-state index < -0.39 is 174 Å². The first-order valence-corrected chi connectivity index (χ1v) is 42.4. The zero-order valence-corrected chi connectivity index (χ0v) is 73.1. The van der Waals surface area contributed by atoms with Crippen LogP contribution in [0.2, 0.25) is 0 Å². The Balaban J connectivity index is 0.000000148. The van der Waals surface area contributed by atoms with Crippen LogP contribution < -0.4 is 42.6 Å². The number of hydrogen-bond donors (Lipinski definition) is 9. The molecular weight excluding hydrogens is 1800 g/mol. The predicted octanol–water partition coefficient (Wildman–Crippen LogP) is 7.49. The predicted molar refractivity (Wildman–Crippen MR) is 458 cm³/mol. The molecule has 9 aliphatic heterocycles. The van der Waals surface area contributed by atoms with Crippen molar-refractivity contribution < 1.29 is 198 Å². The summed E-state index contributed by atoms with van der Waals surface area (Å²) in [5, 5.41) is 96.2. The fraction of sp³-hybridized carbons (Fsp3) is 0.358. The van der Waals surface area contributed by atoms with Gasteiger partial charge in [-0.1, -0.05) is 43.5 Å². The highest BCUT2D eigenvalue weighted by Gasteiger charge is 2.53. The van der Waals surface area contributed by atoms with Crippen molar-refractivity contribution in [3.63, 3.8) is 0 Å². The third-order valence-electron chi connectivity index (χ3n) is 23.3. The van der Waals surface area contributed by atoms with Gasteiger partial charge in [-0.25, -0.2) is 24.0 Å². The molecule has 0 amide bonds. The summed E-state index contributed by atoms with van der Waals surface area (Å²) in [4.78, 5) is 113. The van der Waals surface area contributed by atoms with E-state index in [1.165, 1.54) is 19.1 Å². The van der Waals surface area contributed by atoms with Crippen molar-refractivity contribution >= 4 is 86.4 Å². The number of cyclic esters (lactones) is 3. The molecule has 9 aromatic carbocycles. The Labute approximate surface area is 770 Å². The van der Waals surface area contributed by atoms with Gasteiger partial charge in [0.15, 0.2) is 65.0 Å². The zero-order chi connectivity index (χ0) is 96.4. The summed E-state index contributed by atoms with van der Waals surface area (Å²) in [5.41, 5.74) is 7.06. The molecule has 9 aromatic rings. The molecule has 136 heavy (non-hydrogen) atoms. The lowest BCUT2D eigenvalue weighted by Crippen LogP contribution is -2.61. The van der Waals surface area contributed by atoms with E-state index in [9.17, 15) is 89.1 Å². The van der Waals surface area contributed by atoms with E-state index in [-0.39, 0.29) is 101 Å². The summed E-state index contributed by atoms with van der Waals surface area (Å²) in [6.07, 6.45) is -17.7. The molecule has 13 atom stereocenters. The third kappa shape index (κ3) is 18.8. The van der Waals surface area contributed by atoms with E-state index in [1.54, 1.807) is 91.0 Å². The number of carbonyl (C=O) groups is 9. The van der Waals surface area contributed by atoms with E-state index >= 15 is 0 Å². The Kier molecular flexibility index (Phi) is 28.3. The van der Waals surface area contributed by atoms with Gasteiger partial charge in [0.25, 0.3) is 0 Å². The maximum Gasteiger partial charge on any atom is 0.509 e. The standard InChI is InChI=1S/2C32H30O14.C31H30O13/c1-3-6-39-32(38)46-29-28(44-15(2)35)22(36)13-41-31(29)45-27-20-8-18(11-34)17(10-33)7-19(20)25(26-21(27)12-40-30(26)37)16-4-5-23-24(9-16)43-14-42-23;1-3-6-39-32(38)45-24-13-41-31(27(36)29(24)44-15(2)35)46-28-20-8-18(11-34)17(10-33)7-19(20)25(26-21(28)12-40-30(26)37)16-4-5-22-23(9-16)43-14-42-22;1-13-26(36)28(42-14(2)34)29(43-15(3)35)31(41-13)44-27-20-7-18(10-33)17(9-32)6-19(20)24(25-21(27)11-38-30(25)37)16-4-5-22-23(8-16)40-12-39-22/h3-5,7-9,22,28-29,31,33-34,36H,1,6,10-14H2,2H3;3-5,7-9,24,27,29,31,33-34,36H,1,6,10-14H2,2H3;4-8,13,26,28-29,31-33,36H,9-12H2,1-3H3/t22-,28+,29-,31?;24-,27-,29+,31?;13-,26-,28+,29-,31?/m111/s1. The van der Waals surface area contributed by atoms with Gasteiger partial charge in [0.05, 0.1) is 75.6 Å². The second-order valence-electron chi connectivity index (χ2n) is 31.8. The van der Waals surface area contributed by atoms with Gasteiger partial charge in [0.1, 0.15) is 62.5 Å². The van der Waals surface area contributed by atoms with Gasteiger partial charge in [0.2, 0.25) is 51.5 Å². The van der Waals surface area contributed by atoms with Gasteiger partial charge in [0, 0.05) is 77.2 Å². The van der Waals surface area contributed by atoms with Crippen LogP contribution >= 0.6 is 0 Å². The molecule has 3 fully saturated rings. The Hall–Kier alpha value is -14.2. The molecule has 0 saturated carbocycles. The minimum Gasteiger partial charge on any atom is -0.461 e. The minimum atomic E-state index is -1.68. The second kappa shape index (κ2) is 40.5. The van der Waals surface area contributed by atoms with Crippen LogP contribution in [0.4, 0.5) is 9.59 Å². The van der Waals surface area contributed by atoms with Crippen LogP contribution in [0.25, 0.3) is 65.7 Å². The Morgan fingerprint density at radius 3 is 1.08 bits per heavy atom. The van der Waals surface area contributed by atoms with Crippen LogP contribution in [0.3, 0.4) is 0 Å². The highest BCUT2D eigenvalue weighted by atomic mass is 16.8. The fourth-order valence-corrected chi connectivity index (χ4v) is 17.2. The summed E-state index contributed by atoms with van der Waals surface area (Å²) in [5.74, 6) is -1.58. The maximum absolute atomic E-state index is 13.3. The van der Waals surface area contributed by atoms with E-state index in [2.05, 4.69) is 13.2 Å². The maximum atomic E-state index is 13.3. The van der Waals surface area contributed by atoms with Crippen molar-refractivity contribution in [2.45, 2.75) is 174 Å². The largest absolute Gasteiger partial charge is 0.509 e. The van der Waals surface area contributed by atoms with Crippen molar-refractivity contribution in [1.29, 1.82) is 0 Å². The number of aliphatic hydroxyl groups excluding tert-OH is 9. The summed E-state index contributed by atoms with van der Waals surface area (Å²) in [6, 6.07) is 25.3. The van der Waals surface area contributed by atoms with E-state index in [0.29, 0.717) is 150 Å². The molecule has 41 heteroatoms. The highest BCUT2D eigenvalue weighted by molar-refractivity contribution is 6.16. The molecule has 0 radical (unpaired) electrons. The van der Waals surface area contributed by atoms with Gasteiger partial charge in [-0.15, -0.1) is 0 Å². The van der Waals surface area contributed by atoms with Crippen LogP contribution in [0.15, 0.2) is 116 Å². The van der Waals surface area contributed by atoms with Gasteiger partial charge >= 0.3 is 54.1 Å². The smallest absolute Gasteiger partial charge is 0.461 e. The van der Waals surface area contributed by atoms with Gasteiger partial charge in [-0.05, 0) is 146 Å². The lowest BCUT2D eigenvalue weighted by Gasteiger charge is -2.42. The lowest BCUT2D eigenvalue weighted by molar-refractivity contribution is -0.277. The SMILES string of the molecule is C=CCOC(=O)O[C@@H]1COC(Oc2c3c(c(-c4ccc5c(c4)OCO5)c4cc(CO)c(CO)cc24)C(=O)OC3)[C@H](O)[C@H]1OC(C)=O.C=CCOC(=O)O[C@H]1C(Oc2c3c(c(-c4ccc5c(c4)OCO5)c4cc(CO)c(CO)cc24)C(=O)OC3)OC[C@@H](O)[C@@H]1OC(C)=O.CC(=O)O[C@H]1[C@H](O)[C@@H](C)OC(Oc2c3c(c(-c4ccc5c(c4)OCO5)c4cc(CO)c(CO)cc24)C(=O)OC3)[C@@H]1OC(C)=O. The molecule has 0 aromatic heterocycles. The number of rotatable bonds is 25. The fourth-order valence-electron chi connectivity index (χ4n) is 17.2. The van der Waals surface area contributed by atoms with Gasteiger partial charge in [-0.2, -0.15) is 0 Å². The molecule has 18 rings (SSSR count). The molecule has 0 aliphatic carbocycles. The monoisotopic (exact) mass is 1890 g/mol. The minimum absolute atomic E-state index is 0.0375. The second-order valence-corrected chi connectivity index (χ2v) is 31.8. The normalized spacial score (nSPS) is 22.1. The molecule has 41 nitrogen and oxygen atoms in total. The molecule has 716 valence electrons. The van der Waals surface area contributed by atoms with Crippen molar-refractivity contribution in [3.8, 4) is 85.1 Å². The van der Waals surface area contributed by atoms with Crippen LogP contribution in [-0.4, -0.2) is 227 Å². The molecule has 3 unspecified atom stereocenters. The van der Waals surface area contributed by atoms with Crippen molar-refractivity contribution in [3.05, 3.63) is 183 Å². The number of aliphatic hydroxyl groups is 9. The summed E-state index contributed by atoms with van der Waals surface area (Å²) >= 11 is 0. The Morgan fingerprint density at radius 2 is 0.699 bits per heavy atom. The first-order chi connectivity index (χ1) is 65.6. The number of ether oxygens (including phenoxy) is 23. The molecule has 0 bridgehead atoms. The lowest BCUT2D eigenvalue weighted by atomic mass is 9.87. The van der Waals surface area contributed by atoms with E-state index in [4.69, 9.17) is 109 Å². The van der Waals surface area contributed by atoms with Crippen LogP contribution in [0.5, 0.6) is 51.7 Å². The van der Waals surface area contributed by atoms with Gasteiger partial charge in [-0.3, -0.25) is 19.2 Å². The number of benzene rings is 9. The Bertz CT molecular complexity index is 6260. The summed E-state index contributed by atoms with van der Waals surface area (Å²) in [7, 11) is 0. The van der Waals surface area contributed by atoms with Crippen LogP contribution in [0.1, 0.15) is 116 Å². The van der Waals surface area contributed by atoms with Gasteiger partial charge < -0.3 is 155 Å². The van der Waals surface area contributed by atoms with Crippen molar-refractivity contribution in [1.82, 2.24) is 0 Å². The number of carbonyl (C=O) groups excluding carboxylic acids is 9. The van der Waals surface area contributed by atoms with E-state index in [1.807, 2.05) is 0 Å². The van der Waals surface area contributed by atoms with Crippen molar-refractivity contribution in [2.24, 2.45) is 0 Å². The van der Waals surface area contributed by atoms with Crippen molar-refractivity contribution in [2.75, 3.05) is 46.8 Å². The number of fused-ring (bicyclic) bond motifs is 9. The molecule has 0 spiro atoms.